The van der Waals surface area contributed by atoms with Crippen molar-refractivity contribution in [3.8, 4) is 0 Å². The molecule has 1 amide bonds. The number of para-hydroxylation sites is 1. The molecule has 2 aliphatic rings. The van der Waals surface area contributed by atoms with E-state index in [1.165, 1.54) is 0 Å². The minimum atomic E-state index is -0.371. The van der Waals surface area contributed by atoms with Gasteiger partial charge in [-0.2, -0.15) is 0 Å². The number of carbonyl (C=O) groups is 1. The average Bonchev–Trinajstić information content (AvgIpc) is 2.73. The lowest BCUT2D eigenvalue weighted by atomic mass is 10.1. The maximum absolute atomic E-state index is 13.0. The standard InChI is InChI=1S/C22H25N5OS/c1-4-5-14-29-22-24-21(28)19-17-8-6-7-9-18(17)23-20(27(19)25-22)15-10-12-16(13-11-15)26(2)3/h6-13,20H,4-5,14H2,1-3H3,(H,24,25,28)/t20-/m0/s1. The number of anilines is 1. The van der Waals surface area contributed by atoms with Gasteiger partial charge in [0.15, 0.2) is 11.3 Å². The molecule has 2 aromatic carbocycles. The monoisotopic (exact) mass is 407 g/mol. The van der Waals surface area contributed by atoms with Gasteiger partial charge in [0.2, 0.25) is 0 Å². The summed E-state index contributed by atoms with van der Waals surface area (Å²) in [7, 11) is 4.03. The van der Waals surface area contributed by atoms with Gasteiger partial charge in [-0.1, -0.05) is 55.4 Å². The molecule has 0 fully saturated rings. The molecule has 0 saturated carbocycles. The molecule has 0 unspecified atom stereocenters. The van der Waals surface area contributed by atoms with Crippen molar-refractivity contribution in [1.82, 2.24) is 10.3 Å². The molecule has 7 heteroatoms. The number of fused-ring (bicyclic) bond motifs is 2. The number of carbonyl (C=O) groups excluding carboxylic acids is 1. The van der Waals surface area contributed by atoms with E-state index in [1.54, 1.807) is 16.8 Å². The third-order valence-electron chi connectivity index (χ3n) is 4.96. The fraction of sp³-hybridized carbons (Fsp3) is 0.318. The smallest absolute Gasteiger partial charge is 0.276 e. The molecule has 0 aliphatic carbocycles. The van der Waals surface area contributed by atoms with E-state index in [0.717, 1.165) is 40.4 Å². The van der Waals surface area contributed by atoms with Gasteiger partial charge in [0.05, 0.1) is 5.36 Å². The summed E-state index contributed by atoms with van der Waals surface area (Å²) >= 11 is 1.58. The molecule has 1 atom stereocenters. The van der Waals surface area contributed by atoms with E-state index < -0.39 is 0 Å². The van der Waals surface area contributed by atoms with Gasteiger partial charge in [-0.15, -0.1) is 5.10 Å². The molecule has 0 bridgehead atoms. The van der Waals surface area contributed by atoms with Gasteiger partial charge in [-0.25, -0.2) is 5.01 Å². The molecular formula is C22H25N5OS. The van der Waals surface area contributed by atoms with E-state index in [0.29, 0.717) is 10.9 Å². The predicted octanol–water partition coefficient (Wildman–Crippen LogP) is 2.43. The van der Waals surface area contributed by atoms with Crippen LogP contribution in [0.15, 0.2) is 58.6 Å². The summed E-state index contributed by atoms with van der Waals surface area (Å²) in [5.41, 5.74) is 2.67. The average molecular weight is 408 g/mol. The van der Waals surface area contributed by atoms with Gasteiger partial charge < -0.3 is 4.90 Å². The highest BCUT2D eigenvalue weighted by molar-refractivity contribution is 8.13. The van der Waals surface area contributed by atoms with Gasteiger partial charge in [-0.3, -0.25) is 15.1 Å². The number of thioether (sulfide) groups is 1. The second kappa shape index (κ2) is 8.29. The summed E-state index contributed by atoms with van der Waals surface area (Å²) in [6, 6.07) is 16.0. The first-order valence-electron chi connectivity index (χ1n) is 9.85. The van der Waals surface area contributed by atoms with Crippen LogP contribution in [0.2, 0.25) is 0 Å². The van der Waals surface area contributed by atoms with E-state index in [1.807, 2.05) is 38.4 Å². The van der Waals surface area contributed by atoms with Crippen LogP contribution >= 0.6 is 11.8 Å². The zero-order chi connectivity index (χ0) is 20.4. The van der Waals surface area contributed by atoms with Gasteiger partial charge in [-0.05, 0) is 30.2 Å². The molecule has 2 aliphatic heterocycles. The Morgan fingerprint density at radius 1 is 1.14 bits per heavy atom. The molecule has 0 radical (unpaired) electrons. The van der Waals surface area contributed by atoms with Gasteiger partial charge in [0.25, 0.3) is 5.91 Å². The molecule has 0 saturated heterocycles. The number of rotatable bonds is 5. The van der Waals surface area contributed by atoms with Crippen LogP contribution in [-0.2, 0) is 4.79 Å². The van der Waals surface area contributed by atoms with Crippen molar-refractivity contribution >= 4 is 34.2 Å². The van der Waals surface area contributed by atoms with E-state index in [2.05, 4.69) is 41.4 Å². The second-order valence-electron chi connectivity index (χ2n) is 7.26. The molecule has 150 valence electrons. The first-order chi connectivity index (χ1) is 14.1. The first-order valence-corrected chi connectivity index (χ1v) is 10.8. The number of amides is 1. The van der Waals surface area contributed by atoms with Crippen LogP contribution in [-0.4, -0.2) is 35.9 Å². The number of amidine groups is 1. The Hall–Kier alpha value is -2.80. The van der Waals surface area contributed by atoms with Crippen molar-refractivity contribution in [2.24, 2.45) is 10.1 Å². The topological polar surface area (TPSA) is 60.3 Å². The second-order valence-corrected chi connectivity index (χ2v) is 8.34. The minimum absolute atomic E-state index is 0.128. The fourth-order valence-electron chi connectivity index (χ4n) is 3.37. The zero-order valence-electron chi connectivity index (χ0n) is 16.9. The van der Waals surface area contributed by atoms with Crippen LogP contribution in [0.1, 0.15) is 31.5 Å². The Morgan fingerprint density at radius 2 is 1.90 bits per heavy atom. The summed E-state index contributed by atoms with van der Waals surface area (Å²) in [5, 5.41) is 11.8. The molecule has 29 heavy (non-hydrogen) atoms. The summed E-state index contributed by atoms with van der Waals surface area (Å²) in [5.74, 6) is 0.797. The van der Waals surface area contributed by atoms with E-state index in [-0.39, 0.29) is 12.1 Å². The Balaban J connectivity index is 1.80. The van der Waals surface area contributed by atoms with E-state index in [4.69, 9.17) is 10.1 Å². The highest BCUT2D eigenvalue weighted by atomic mass is 32.2. The number of benzene rings is 2. The highest BCUT2D eigenvalue weighted by Crippen LogP contribution is 2.31. The Bertz CT molecular complexity index is 1060. The van der Waals surface area contributed by atoms with Crippen LogP contribution in [0.4, 0.5) is 5.69 Å². The van der Waals surface area contributed by atoms with Crippen molar-refractivity contribution < 1.29 is 4.79 Å². The molecule has 1 N–H and O–H groups in total. The first kappa shape index (κ1) is 19.5. The van der Waals surface area contributed by atoms with Crippen LogP contribution in [0, 0.1) is 0 Å². The maximum Gasteiger partial charge on any atom is 0.276 e. The van der Waals surface area contributed by atoms with E-state index in [9.17, 15) is 4.79 Å². The summed E-state index contributed by atoms with van der Waals surface area (Å²) < 4.78 is 0. The number of hydrazone groups is 1. The lowest BCUT2D eigenvalue weighted by Gasteiger charge is -2.34. The number of nitrogens with one attached hydrogen (secondary N) is 1. The van der Waals surface area contributed by atoms with Crippen molar-refractivity contribution in [3.05, 3.63) is 64.7 Å². The minimum Gasteiger partial charge on any atom is -0.378 e. The third kappa shape index (κ3) is 3.87. The summed E-state index contributed by atoms with van der Waals surface area (Å²) in [6.45, 7) is 2.15. The quantitative estimate of drug-likeness (QED) is 0.774. The molecule has 2 heterocycles. The molecule has 0 spiro atoms. The molecular weight excluding hydrogens is 382 g/mol. The van der Waals surface area contributed by atoms with Gasteiger partial charge >= 0.3 is 0 Å². The molecule has 2 aromatic rings. The van der Waals surface area contributed by atoms with Crippen molar-refractivity contribution in [2.75, 3.05) is 24.7 Å². The Kier molecular flexibility index (Phi) is 5.58. The summed E-state index contributed by atoms with van der Waals surface area (Å²) in [6.07, 6.45) is 1.82. The van der Waals surface area contributed by atoms with Crippen molar-refractivity contribution in [3.63, 3.8) is 0 Å². The number of nitrogens with zero attached hydrogens (tertiary/aromatic N) is 4. The van der Waals surface area contributed by atoms with Crippen LogP contribution in [0.3, 0.4) is 0 Å². The number of unbranched alkanes of at least 4 members (excludes halogenated alkanes) is 1. The zero-order valence-corrected chi connectivity index (χ0v) is 17.7. The van der Waals surface area contributed by atoms with Crippen molar-refractivity contribution in [1.29, 1.82) is 0 Å². The highest BCUT2D eigenvalue weighted by Gasteiger charge is 2.34. The fourth-order valence-corrected chi connectivity index (χ4v) is 4.30. The number of hydrogen-bond acceptors (Lipinski definition) is 6. The Morgan fingerprint density at radius 3 is 2.62 bits per heavy atom. The predicted molar refractivity (Wildman–Crippen MR) is 119 cm³/mol. The van der Waals surface area contributed by atoms with Crippen LogP contribution in [0.25, 0.3) is 5.70 Å². The van der Waals surface area contributed by atoms with E-state index >= 15 is 0 Å². The molecule has 0 aromatic heterocycles. The largest absolute Gasteiger partial charge is 0.378 e. The number of hydrogen-bond donors (Lipinski definition) is 1. The van der Waals surface area contributed by atoms with Gasteiger partial charge in [0.1, 0.15) is 5.70 Å². The summed E-state index contributed by atoms with van der Waals surface area (Å²) in [4.78, 5) is 20.0. The molecule has 6 nitrogen and oxygen atoms in total. The van der Waals surface area contributed by atoms with Gasteiger partial charge in [0, 0.05) is 30.8 Å². The van der Waals surface area contributed by atoms with Crippen LogP contribution in [0.5, 0.6) is 0 Å². The normalized spacial score (nSPS) is 17.7. The molecule has 4 rings (SSSR count). The maximum atomic E-state index is 13.0. The van der Waals surface area contributed by atoms with Crippen LogP contribution < -0.4 is 20.8 Å². The third-order valence-corrected chi connectivity index (χ3v) is 5.91. The Labute approximate surface area is 175 Å². The lowest BCUT2D eigenvalue weighted by molar-refractivity contribution is -0.116. The SMILES string of the molecule is CCCCSC1=NN2C(=c3ccccc3=N[C@@H]2c2ccc(N(C)C)cc2)C(=O)N1. The van der Waals surface area contributed by atoms with Crippen molar-refractivity contribution in [2.45, 2.75) is 25.9 Å². The lowest BCUT2D eigenvalue weighted by Crippen LogP contribution is -2.50.